The van der Waals surface area contributed by atoms with Gasteiger partial charge in [0.1, 0.15) is 5.82 Å². The van der Waals surface area contributed by atoms with Crippen molar-refractivity contribution in [2.45, 2.75) is 13.8 Å². The highest BCUT2D eigenvalue weighted by Crippen LogP contribution is 2.18. The van der Waals surface area contributed by atoms with Gasteiger partial charge in [-0.05, 0) is 31.0 Å². The molecule has 0 atom stereocenters. The fourth-order valence-corrected chi connectivity index (χ4v) is 1.47. The van der Waals surface area contributed by atoms with Crippen LogP contribution in [-0.4, -0.2) is 15.1 Å². The minimum Gasteiger partial charge on any atom is -0.493 e. The quantitative estimate of drug-likeness (QED) is 0.763. The van der Waals surface area contributed by atoms with Gasteiger partial charge in [0.15, 0.2) is 0 Å². The van der Waals surface area contributed by atoms with Gasteiger partial charge < -0.3 is 10.1 Å². The van der Waals surface area contributed by atoms with Crippen LogP contribution in [0.4, 0.5) is 0 Å². The van der Waals surface area contributed by atoms with Gasteiger partial charge >= 0.3 is 0 Å². The average molecular weight is 216 g/mol. The predicted octanol–water partition coefficient (Wildman–Crippen LogP) is 1.76. The second-order valence-corrected chi connectivity index (χ2v) is 3.75. The van der Waals surface area contributed by atoms with Crippen LogP contribution in [0.5, 0.6) is 5.88 Å². The molecule has 0 fully saturated rings. The summed E-state index contributed by atoms with van der Waals surface area (Å²) in [5.74, 6) is 0.116. The molecule has 0 aliphatic rings. The summed E-state index contributed by atoms with van der Waals surface area (Å²) < 4.78 is 0. The average Bonchev–Trinajstić information content (AvgIpc) is 2.20. The highest BCUT2D eigenvalue weighted by Gasteiger charge is 2.04. The zero-order valence-electron chi connectivity index (χ0n) is 9.11. The second-order valence-electron chi connectivity index (χ2n) is 3.75. The Kier molecular flexibility index (Phi) is 2.48. The molecule has 82 valence electrons. The van der Waals surface area contributed by atoms with Gasteiger partial charge in [-0.3, -0.25) is 4.79 Å². The van der Waals surface area contributed by atoms with E-state index in [1.807, 2.05) is 32.0 Å². The van der Waals surface area contributed by atoms with Crippen molar-refractivity contribution >= 4 is 0 Å². The number of aromatic hydroxyl groups is 1. The van der Waals surface area contributed by atoms with Gasteiger partial charge in [-0.25, -0.2) is 0 Å². The van der Waals surface area contributed by atoms with Gasteiger partial charge in [0.2, 0.25) is 5.88 Å². The number of hydrogen-bond acceptors (Lipinski definition) is 3. The fraction of sp³-hybridized carbons (Fsp3) is 0.167. The molecule has 0 radical (unpaired) electrons. The van der Waals surface area contributed by atoms with Crippen molar-refractivity contribution in [2.75, 3.05) is 0 Å². The monoisotopic (exact) mass is 216 g/mol. The highest BCUT2D eigenvalue weighted by molar-refractivity contribution is 5.57. The van der Waals surface area contributed by atoms with Gasteiger partial charge in [-0.15, -0.1) is 0 Å². The Morgan fingerprint density at radius 3 is 2.56 bits per heavy atom. The Morgan fingerprint density at radius 2 is 1.94 bits per heavy atom. The molecule has 1 heterocycles. The summed E-state index contributed by atoms with van der Waals surface area (Å²) in [5, 5.41) is 9.25. The van der Waals surface area contributed by atoms with Gasteiger partial charge in [0.05, 0.1) is 6.07 Å². The van der Waals surface area contributed by atoms with Crippen LogP contribution in [-0.2, 0) is 0 Å². The van der Waals surface area contributed by atoms with E-state index < -0.39 is 0 Å². The lowest BCUT2D eigenvalue weighted by Gasteiger charge is -2.04. The predicted molar refractivity (Wildman–Crippen MR) is 61.4 cm³/mol. The molecule has 0 aliphatic heterocycles. The van der Waals surface area contributed by atoms with Crippen molar-refractivity contribution in [3.8, 4) is 17.3 Å². The summed E-state index contributed by atoms with van der Waals surface area (Å²) in [6.07, 6.45) is 0. The Morgan fingerprint density at radius 1 is 1.19 bits per heavy atom. The normalized spacial score (nSPS) is 10.4. The number of nitrogens with zero attached hydrogens (tertiary/aromatic N) is 1. The Hall–Kier alpha value is -2.10. The van der Waals surface area contributed by atoms with Crippen molar-refractivity contribution in [3.05, 3.63) is 45.7 Å². The number of nitrogens with one attached hydrogen (secondary N) is 1. The summed E-state index contributed by atoms with van der Waals surface area (Å²) >= 11 is 0. The Balaban J connectivity index is 2.58. The molecule has 0 unspecified atom stereocenters. The third-order valence-corrected chi connectivity index (χ3v) is 2.51. The largest absolute Gasteiger partial charge is 0.493 e. The zero-order valence-corrected chi connectivity index (χ0v) is 9.11. The SMILES string of the molecule is Cc1ccc(-c2nc(O)cc(=O)[nH]2)cc1C. The second kappa shape index (κ2) is 3.81. The molecule has 16 heavy (non-hydrogen) atoms. The van der Waals surface area contributed by atoms with Crippen LogP contribution in [0.3, 0.4) is 0 Å². The standard InChI is InChI=1S/C12H12N2O2/c1-7-3-4-9(5-8(7)2)12-13-10(15)6-11(16)14-12/h3-6H,1-2H3,(H2,13,14,15,16). The molecule has 1 aromatic carbocycles. The van der Waals surface area contributed by atoms with Crippen LogP contribution in [0.1, 0.15) is 11.1 Å². The maximum absolute atomic E-state index is 11.2. The van der Waals surface area contributed by atoms with Crippen LogP contribution in [0.25, 0.3) is 11.4 Å². The molecular weight excluding hydrogens is 204 g/mol. The van der Waals surface area contributed by atoms with Gasteiger partial charge in [-0.2, -0.15) is 4.98 Å². The first-order chi connectivity index (χ1) is 7.56. The molecule has 0 bridgehead atoms. The van der Waals surface area contributed by atoms with Crippen LogP contribution in [0.2, 0.25) is 0 Å². The number of benzene rings is 1. The molecule has 2 rings (SSSR count). The van der Waals surface area contributed by atoms with Crippen molar-refractivity contribution < 1.29 is 5.11 Å². The van der Waals surface area contributed by atoms with Crippen molar-refractivity contribution in [1.82, 2.24) is 9.97 Å². The van der Waals surface area contributed by atoms with E-state index in [1.165, 1.54) is 5.56 Å². The molecule has 0 aliphatic carbocycles. The van der Waals surface area contributed by atoms with E-state index in [1.54, 1.807) is 0 Å². The van der Waals surface area contributed by atoms with E-state index in [0.717, 1.165) is 17.2 Å². The summed E-state index contributed by atoms with van der Waals surface area (Å²) in [7, 11) is 0. The first-order valence-corrected chi connectivity index (χ1v) is 4.94. The summed E-state index contributed by atoms with van der Waals surface area (Å²) in [4.78, 5) is 17.6. The molecule has 2 N–H and O–H groups in total. The van der Waals surface area contributed by atoms with Gasteiger partial charge in [0, 0.05) is 5.56 Å². The van der Waals surface area contributed by atoms with Crippen LogP contribution >= 0.6 is 0 Å². The van der Waals surface area contributed by atoms with Crippen LogP contribution in [0, 0.1) is 13.8 Å². The minimum atomic E-state index is -0.360. The summed E-state index contributed by atoms with van der Waals surface area (Å²) in [5.41, 5.74) is 2.71. The molecule has 0 spiro atoms. The van der Waals surface area contributed by atoms with Gasteiger partial charge in [-0.1, -0.05) is 12.1 Å². The van der Waals surface area contributed by atoms with E-state index in [-0.39, 0.29) is 11.4 Å². The molecule has 4 heteroatoms. The van der Waals surface area contributed by atoms with Crippen molar-refractivity contribution in [3.63, 3.8) is 0 Å². The Labute approximate surface area is 92.6 Å². The lowest BCUT2D eigenvalue weighted by Crippen LogP contribution is -2.06. The number of aromatic nitrogens is 2. The molecular formula is C12H12N2O2. The Bertz CT molecular complexity index is 588. The van der Waals surface area contributed by atoms with Crippen molar-refractivity contribution in [1.29, 1.82) is 0 Å². The number of hydrogen-bond donors (Lipinski definition) is 2. The highest BCUT2D eigenvalue weighted by atomic mass is 16.3. The molecule has 1 aromatic heterocycles. The molecule has 4 nitrogen and oxygen atoms in total. The van der Waals surface area contributed by atoms with E-state index in [4.69, 9.17) is 0 Å². The maximum Gasteiger partial charge on any atom is 0.254 e. The first-order valence-electron chi connectivity index (χ1n) is 4.94. The third-order valence-electron chi connectivity index (χ3n) is 2.51. The lowest BCUT2D eigenvalue weighted by molar-refractivity contribution is 0.452. The van der Waals surface area contributed by atoms with Crippen molar-refractivity contribution in [2.24, 2.45) is 0 Å². The fourth-order valence-electron chi connectivity index (χ4n) is 1.47. The zero-order chi connectivity index (χ0) is 11.7. The number of aryl methyl sites for hydroxylation is 2. The van der Waals surface area contributed by atoms with Gasteiger partial charge in [0.25, 0.3) is 5.56 Å². The number of rotatable bonds is 1. The van der Waals surface area contributed by atoms with E-state index in [9.17, 15) is 9.90 Å². The summed E-state index contributed by atoms with van der Waals surface area (Å²) in [6, 6.07) is 6.78. The molecule has 2 aromatic rings. The van der Waals surface area contributed by atoms with Crippen LogP contribution < -0.4 is 5.56 Å². The summed E-state index contributed by atoms with van der Waals surface area (Å²) in [6.45, 7) is 4.00. The first kappa shape index (κ1) is 10.4. The lowest BCUT2D eigenvalue weighted by atomic mass is 10.1. The topological polar surface area (TPSA) is 66.0 Å². The molecule has 0 saturated heterocycles. The molecule has 0 amide bonds. The third kappa shape index (κ3) is 1.95. The van der Waals surface area contributed by atoms with Crippen LogP contribution in [0.15, 0.2) is 29.1 Å². The minimum absolute atomic E-state index is 0.267. The van der Waals surface area contributed by atoms with E-state index >= 15 is 0 Å². The number of H-pyrrole nitrogens is 1. The smallest absolute Gasteiger partial charge is 0.254 e. The maximum atomic E-state index is 11.2. The molecule has 0 saturated carbocycles. The number of aromatic amines is 1. The van der Waals surface area contributed by atoms with E-state index in [0.29, 0.717) is 5.82 Å². The van der Waals surface area contributed by atoms with E-state index in [2.05, 4.69) is 9.97 Å².